The van der Waals surface area contributed by atoms with Crippen molar-refractivity contribution in [2.45, 2.75) is 11.1 Å². The quantitative estimate of drug-likeness (QED) is 0.564. The summed E-state index contributed by atoms with van der Waals surface area (Å²) in [6.45, 7) is 0. The number of anilines is 1. The van der Waals surface area contributed by atoms with E-state index in [1.807, 2.05) is 0 Å². The van der Waals surface area contributed by atoms with Crippen molar-refractivity contribution in [2.24, 2.45) is 0 Å². The molecule has 0 atom stereocenters. The minimum atomic E-state index is -4.95. The lowest BCUT2D eigenvalue weighted by Gasteiger charge is -2.16. The van der Waals surface area contributed by atoms with Gasteiger partial charge in [0.15, 0.2) is 0 Å². The van der Waals surface area contributed by atoms with E-state index in [2.05, 4.69) is 10.2 Å². The highest BCUT2D eigenvalue weighted by Crippen LogP contribution is 2.33. The lowest BCUT2D eigenvalue weighted by atomic mass is 10.1. The van der Waals surface area contributed by atoms with Crippen LogP contribution >= 0.6 is 11.6 Å². The molecule has 0 unspecified atom stereocenters. The number of hydrogen-bond acceptors (Lipinski definition) is 4. The van der Waals surface area contributed by atoms with Gasteiger partial charge in [-0.05, 0) is 36.4 Å². The monoisotopic (exact) mass is 440 g/mol. The van der Waals surface area contributed by atoms with Gasteiger partial charge in [-0.15, -0.1) is 0 Å². The zero-order chi connectivity index (χ0) is 21.3. The first-order valence-corrected chi connectivity index (χ1v) is 9.20. The predicted octanol–water partition coefficient (Wildman–Crippen LogP) is 3.93. The van der Waals surface area contributed by atoms with Crippen molar-refractivity contribution in [3.63, 3.8) is 0 Å². The summed E-state index contributed by atoms with van der Waals surface area (Å²) in [5.74, 6) is -2.42. The Morgan fingerprint density at radius 3 is 2.39 bits per heavy atom. The van der Waals surface area contributed by atoms with Crippen LogP contribution in [-0.2, 0) is 21.0 Å². The van der Waals surface area contributed by atoms with Crippen LogP contribution in [0, 0.1) is 5.82 Å². The Hall–Kier alpha value is -2.21. The Kier molecular flexibility index (Phi) is 6.34. The van der Waals surface area contributed by atoms with Crippen LogP contribution in [0.25, 0.3) is 0 Å². The van der Waals surface area contributed by atoms with E-state index in [4.69, 9.17) is 11.6 Å². The van der Waals surface area contributed by atoms with Gasteiger partial charge in [-0.3, -0.25) is 9.63 Å². The third-order valence-electron chi connectivity index (χ3n) is 3.60. The van der Waals surface area contributed by atoms with Gasteiger partial charge in [-0.2, -0.15) is 13.2 Å². The highest BCUT2D eigenvalue weighted by Gasteiger charge is 2.34. The van der Waals surface area contributed by atoms with E-state index in [0.717, 1.165) is 32.4 Å². The highest BCUT2D eigenvalue weighted by atomic mass is 35.5. The van der Waals surface area contributed by atoms with Crippen LogP contribution < -0.4 is 5.32 Å². The number of sulfonamides is 1. The summed E-state index contributed by atoms with van der Waals surface area (Å²) in [7, 11) is -1.97. The van der Waals surface area contributed by atoms with Gasteiger partial charge in [0, 0.05) is 18.3 Å². The molecule has 2 rings (SSSR count). The smallest absolute Gasteiger partial charge is 0.322 e. The fourth-order valence-electron chi connectivity index (χ4n) is 2.10. The summed E-state index contributed by atoms with van der Waals surface area (Å²) in [5.41, 5.74) is -2.08. The molecule has 2 aromatic rings. The Labute approximate surface area is 162 Å². The second kappa shape index (κ2) is 8.03. The van der Waals surface area contributed by atoms with E-state index in [-0.39, 0.29) is 16.3 Å². The van der Waals surface area contributed by atoms with Crippen molar-refractivity contribution in [1.29, 1.82) is 0 Å². The first kappa shape index (κ1) is 22.1. The number of benzene rings is 2. The molecule has 12 heteroatoms. The molecular formula is C16H13ClF4N2O4S. The van der Waals surface area contributed by atoms with Crippen LogP contribution in [0.3, 0.4) is 0 Å². The van der Waals surface area contributed by atoms with E-state index in [9.17, 15) is 30.8 Å². The SMILES string of the molecule is CON(C)S(=O)(=O)c1cc(C(=O)Nc2ccc(F)c(C(F)(F)F)c2)ccc1Cl. The number of amides is 1. The molecule has 0 saturated carbocycles. The van der Waals surface area contributed by atoms with Gasteiger partial charge in [0.1, 0.15) is 10.7 Å². The predicted molar refractivity (Wildman–Crippen MR) is 92.8 cm³/mol. The number of hydrogen-bond donors (Lipinski definition) is 1. The van der Waals surface area contributed by atoms with Crippen LogP contribution in [0.2, 0.25) is 5.02 Å². The number of hydroxylamine groups is 1. The molecule has 0 fully saturated rings. The summed E-state index contributed by atoms with van der Waals surface area (Å²) in [5, 5.41) is 1.96. The molecule has 2 aromatic carbocycles. The van der Waals surface area contributed by atoms with Gasteiger partial charge < -0.3 is 5.32 Å². The average molecular weight is 441 g/mol. The molecule has 0 aliphatic carbocycles. The van der Waals surface area contributed by atoms with E-state index in [0.29, 0.717) is 16.6 Å². The Bertz CT molecular complexity index is 1010. The third-order valence-corrected chi connectivity index (χ3v) is 5.76. The summed E-state index contributed by atoms with van der Waals surface area (Å²) >= 11 is 5.88. The standard InChI is InChI=1S/C16H13ClF4N2O4S/c1-23(27-2)28(25,26)14-7-9(3-5-12(14)17)15(24)22-10-4-6-13(18)11(8-10)16(19,20)21/h3-8H,1-2H3,(H,22,24). The molecule has 6 nitrogen and oxygen atoms in total. The number of nitrogens with one attached hydrogen (secondary N) is 1. The van der Waals surface area contributed by atoms with Gasteiger partial charge >= 0.3 is 6.18 Å². The second-order valence-electron chi connectivity index (χ2n) is 5.39. The highest BCUT2D eigenvalue weighted by molar-refractivity contribution is 7.89. The Morgan fingerprint density at radius 1 is 1.18 bits per heavy atom. The molecule has 28 heavy (non-hydrogen) atoms. The molecule has 0 bridgehead atoms. The van der Waals surface area contributed by atoms with Gasteiger partial charge in [0.25, 0.3) is 15.9 Å². The van der Waals surface area contributed by atoms with Crippen LogP contribution in [-0.4, -0.2) is 33.0 Å². The zero-order valence-corrected chi connectivity index (χ0v) is 15.9. The number of alkyl halides is 3. The van der Waals surface area contributed by atoms with Crippen molar-refractivity contribution < 1.29 is 35.6 Å². The molecule has 1 amide bonds. The zero-order valence-electron chi connectivity index (χ0n) is 14.3. The fourth-order valence-corrected chi connectivity index (χ4v) is 3.58. The molecule has 0 radical (unpaired) electrons. The number of carbonyl (C=O) groups is 1. The van der Waals surface area contributed by atoms with Gasteiger partial charge in [-0.25, -0.2) is 12.8 Å². The van der Waals surface area contributed by atoms with E-state index in [1.54, 1.807) is 0 Å². The van der Waals surface area contributed by atoms with Crippen molar-refractivity contribution in [3.05, 3.63) is 58.4 Å². The lowest BCUT2D eigenvalue weighted by molar-refractivity contribution is -0.139. The minimum Gasteiger partial charge on any atom is -0.322 e. The van der Waals surface area contributed by atoms with Crippen molar-refractivity contribution in [1.82, 2.24) is 4.47 Å². The van der Waals surface area contributed by atoms with E-state index < -0.39 is 38.4 Å². The largest absolute Gasteiger partial charge is 0.419 e. The van der Waals surface area contributed by atoms with Crippen LogP contribution in [0.5, 0.6) is 0 Å². The molecule has 0 aliphatic rings. The van der Waals surface area contributed by atoms with Crippen molar-refractivity contribution in [3.8, 4) is 0 Å². The first-order valence-electron chi connectivity index (χ1n) is 7.38. The molecule has 0 saturated heterocycles. The average Bonchev–Trinajstić information content (AvgIpc) is 2.61. The molecule has 0 spiro atoms. The van der Waals surface area contributed by atoms with E-state index >= 15 is 0 Å². The molecule has 0 aliphatic heterocycles. The summed E-state index contributed by atoms with van der Waals surface area (Å²) in [4.78, 5) is 16.5. The Morgan fingerprint density at radius 2 is 1.82 bits per heavy atom. The molecule has 0 aromatic heterocycles. The molecular weight excluding hydrogens is 428 g/mol. The topological polar surface area (TPSA) is 75.7 Å². The maximum atomic E-state index is 13.3. The molecule has 1 N–H and O–H groups in total. The van der Waals surface area contributed by atoms with Crippen LogP contribution in [0.15, 0.2) is 41.3 Å². The minimum absolute atomic E-state index is 0.193. The Balaban J connectivity index is 2.38. The van der Waals surface area contributed by atoms with E-state index in [1.165, 1.54) is 6.07 Å². The first-order chi connectivity index (χ1) is 12.9. The maximum Gasteiger partial charge on any atom is 0.419 e. The number of carbonyl (C=O) groups excluding carboxylic acids is 1. The van der Waals surface area contributed by atoms with Gasteiger partial charge in [-0.1, -0.05) is 16.1 Å². The van der Waals surface area contributed by atoms with Crippen LogP contribution in [0.1, 0.15) is 15.9 Å². The summed E-state index contributed by atoms with van der Waals surface area (Å²) in [6.07, 6.45) is -4.95. The number of halogens is 5. The molecule has 152 valence electrons. The van der Waals surface area contributed by atoms with Gasteiger partial charge in [0.2, 0.25) is 0 Å². The number of nitrogens with zero attached hydrogens (tertiary/aromatic N) is 1. The third kappa shape index (κ3) is 4.61. The molecule has 0 heterocycles. The second-order valence-corrected chi connectivity index (χ2v) is 7.70. The number of rotatable bonds is 5. The lowest BCUT2D eigenvalue weighted by Crippen LogP contribution is -2.26. The van der Waals surface area contributed by atoms with Crippen molar-refractivity contribution in [2.75, 3.05) is 19.5 Å². The normalized spacial score (nSPS) is 12.3. The summed E-state index contributed by atoms with van der Waals surface area (Å²) < 4.78 is 76.8. The summed E-state index contributed by atoms with van der Waals surface area (Å²) in [6, 6.07) is 5.19. The van der Waals surface area contributed by atoms with Crippen molar-refractivity contribution >= 4 is 33.2 Å². The van der Waals surface area contributed by atoms with Crippen LogP contribution in [0.4, 0.5) is 23.2 Å². The fraction of sp³-hybridized carbons (Fsp3) is 0.188. The van der Waals surface area contributed by atoms with Gasteiger partial charge in [0.05, 0.1) is 17.7 Å². The maximum absolute atomic E-state index is 13.3.